The number of sulfonamides is 1. The number of halogens is 1. The van der Waals surface area contributed by atoms with Crippen LogP contribution in [0.25, 0.3) is 0 Å². The van der Waals surface area contributed by atoms with Crippen molar-refractivity contribution in [2.45, 2.75) is 57.6 Å². The highest BCUT2D eigenvalue weighted by Gasteiger charge is 2.38. The highest BCUT2D eigenvalue weighted by Crippen LogP contribution is 2.42. The fourth-order valence-electron chi connectivity index (χ4n) is 4.20. The lowest BCUT2D eigenvalue weighted by Crippen LogP contribution is -2.44. The molecule has 6 nitrogen and oxygen atoms in total. The van der Waals surface area contributed by atoms with Gasteiger partial charge in [0.05, 0.1) is 18.0 Å². The first-order valence-electron chi connectivity index (χ1n) is 11.0. The fourth-order valence-corrected chi connectivity index (χ4v) is 5.34. The molecule has 0 spiro atoms. The minimum atomic E-state index is -3.50. The van der Waals surface area contributed by atoms with Crippen LogP contribution < -0.4 is 14.4 Å². The Morgan fingerprint density at radius 3 is 2.56 bits per heavy atom. The van der Waals surface area contributed by atoms with E-state index in [0.717, 1.165) is 30.4 Å². The molecule has 0 radical (unpaired) electrons. The van der Waals surface area contributed by atoms with Crippen molar-refractivity contribution in [2.75, 3.05) is 17.1 Å². The molecule has 2 aromatic rings. The number of amides is 1. The lowest BCUT2D eigenvalue weighted by molar-refractivity contribution is -0.122. The van der Waals surface area contributed by atoms with Gasteiger partial charge < -0.3 is 10.1 Å². The summed E-state index contributed by atoms with van der Waals surface area (Å²) in [5.41, 5.74) is 1.18. The molecular formula is C24H31ClN2O4S. The van der Waals surface area contributed by atoms with Gasteiger partial charge in [-0.25, -0.2) is 8.42 Å². The third-order valence-corrected chi connectivity index (χ3v) is 7.51. The molecule has 0 bridgehead atoms. The molecule has 0 saturated carbocycles. The molecule has 8 heteroatoms. The number of hydrogen-bond donors (Lipinski definition) is 1. The maximum absolute atomic E-state index is 12.8. The second kappa shape index (κ2) is 10.1. The number of benzene rings is 2. The molecular weight excluding hydrogens is 448 g/mol. The molecule has 0 aromatic heterocycles. The minimum absolute atomic E-state index is 0.104. The summed E-state index contributed by atoms with van der Waals surface area (Å²) in [5.74, 6) is 0.712. The largest absolute Gasteiger partial charge is 0.487 e. The van der Waals surface area contributed by atoms with Crippen LogP contribution >= 0.6 is 11.6 Å². The molecule has 1 amide bonds. The molecule has 1 atom stereocenters. The van der Waals surface area contributed by atoms with Crippen molar-refractivity contribution in [3.63, 3.8) is 0 Å². The van der Waals surface area contributed by atoms with Crippen LogP contribution in [0.15, 0.2) is 48.5 Å². The molecule has 174 valence electrons. The number of fused-ring (bicyclic) bond motifs is 1. The van der Waals surface area contributed by atoms with Gasteiger partial charge in [-0.2, -0.15) is 0 Å². The van der Waals surface area contributed by atoms with E-state index in [0.29, 0.717) is 23.6 Å². The predicted molar refractivity (Wildman–Crippen MR) is 129 cm³/mol. The zero-order valence-electron chi connectivity index (χ0n) is 18.8. The second-order valence-corrected chi connectivity index (χ2v) is 10.6. The maximum atomic E-state index is 12.8. The van der Waals surface area contributed by atoms with Crippen molar-refractivity contribution >= 4 is 33.2 Å². The van der Waals surface area contributed by atoms with Crippen molar-refractivity contribution in [1.82, 2.24) is 5.32 Å². The summed E-state index contributed by atoms with van der Waals surface area (Å²) in [6.07, 6.45) is 4.18. The summed E-state index contributed by atoms with van der Waals surface area (Å²) in [6.45, 7) is 4.41. The standard InChI is InChI=1S/C24H31ClN2O4S/c1-4-24(5-2)17-21(20-12-6-7-13-22(20)31-24)26-23(28)14-9-15-27(32(3,29)30)19-11-8-10-18(25)16-19/h6-8,10-13,16,21H,4-5,9,14-15,17H2,1-3H3,(H,26,28)/t21-/m1/s1. The Hall–Kier alpha value is -2.25. The van der Waals surface area contributed by atoms with Gasteiger partial charge in [-0.05, 0) is 43.5 Å². The average molecular weight is 479 g/mol. The van der Waals surface area contributed by atoms with Crippen LogP contribution in [-0.2, 0) is 14.8 Å². The van der Waals surface area contributed by atoms with Gasteiger partial charge in [-0.15, -0.1) is 0 Å². The van der Waals surface area contributed by atoms with Crippen LogP contribution in [0.5, 0.6) is 5.75 Å². The number of carbonyl (C=O) groups excluding carboxylic acids is 1. The lowest BCUT2D eigenvalue weighted by atomic mass is 9.83. The van der Waals surface area contributed by atoms with Gasteiger partial charge in [0.25, 0.3) is 0 Å². The Kier molecular flexibility index (Phi) is 7.72. The Balaban J connectivity index is 1.66. The summed E-state index contributed by atoms with van der Waals surface area (Å²) >= 11 is 6.02. The van der Waals surface area contributed by atoms with E-state index >= 15 is 0 Å². The Bertz CT molecular complexity index is 1050. The van der Waals surface area contributed by atoms with E-state index < -0.39 is 10.0 Å². The molecule has 3 rings (SSSR count). The van der Waals surface area contributed by atoms with E-state index in [4.69, 9.17) is 16.3 Å². The van der Waals surface area contributed by atoms with Gasteiger partial charge in [0, 0.05) is 30.0 Å². The monoisotopic (exact) mass is 478 g/mol. The normalized spacial score (nSPS) is 17.2. The quantitative estimate of drug-likeness (QED) is 0.545. The maximum Gasteiger partial charge on any atom is 0.232 e. The van der Waals surface area contributed by atoms with Gasteiger partial charge in [0.2, 0.25) is 15.9 Å². The van der Waals surface area contributed by atoms with Crippen LogP contribution in [-0.4, -0.2) is 32.7 Å². The Morgan fingerprint density at radius 2 is 1.91 bits per heavy atom. The summed E-state index contributed by atoms with van der Waals surface area (Å²) < 4.78 is 32.1. The molecule has 0 fully saturated rings. The van der Waals surface area contributed by atoms with Crippen molar-refractivity contribution in [3.05, 3.63) is 59.1 Å². The summed E-state index contributed by atoms with van der Waals surface area (Å²) in [5, 5.41) is 3.61. The van der Waals surface area contributed by atoms with Crippen molar-refractivity contribution < 1.29 is 17.9 Å². The topological polar surface area (TPSA) is 75.7 Å². The Labute approximate surface area is 196 Å². The first-order valence-corrected chi connectivity index (χ1v) is 13.2. The van der Waals surface area contributed by atoms with Crippen LogP contribution in [0.1, 0.15) is 57.6 Å². The van der Waals surface area contributed by atoms with Crippen LogP contribution in [0.3, 0.4) is 0 Å². The number of nitrogens with one attached hydrogen (secondary N) is 1. The molecule has 0 aliphatic carbocycles. The van der Waals surface area contributed by atoms with E-state index in [1.54, 1.807) is 24.3 Å². The van der Waals surface area contributed by atoms with Crippen LogP contribution in [0.4, 0.5) is 5.69 Å². The minimum Gasteiger partial charge on any atom is -0.487 e. The molecule has 1 aliphatic heterocycles. The van der Waals surface area contributed by atoms with Gasteiger partial charge in [0.1, 0.15) is 11.4 Å². The van der Waals surface area contributed by atoms with E-state index in [1.165, 1.54) is 4.31 Å². The highest BCUT2D eigenvalue weighted by atomic mass is 35.5. The zero-order chi connectivity index (χ0) is 23.4. The zero-order valence-corrected chi connectivity index (χ0v) is 20.4. The molecule has 1 heterocycles. The van der Waals surface area contributed by atoms with Crippen LogP contribution in [0, 0.1) is 0 Å². The summed E-state index contributed by atoms with van der Waals surface area (Å²) in [4.78, 5) is 12.8. The summed E-state index contributed by atoms with van der Waals surface area (Å²) in [6, 6.07) is 14.4. The third-order valence-electron chi connectivity index (χ3n) is 6.08. The smallest absolute Gasteiger partial charge is 0.232 e. The average Bonchev–Trinajstić information content (AvgIpc) is 2.75. The van der Waals surface area contributed by atoms with Gasteiger partial charge >= 0.3 is 0 Å². The van der Waals surface area contributed by atoms with Crippen LogP contribution in [0.2, 0.25) is 5.02 Å². The molecule has 2 aromatic carbocycles. The first-order chi connectivity index (χ1) is 15.2. The van der Waals surface area contributed by atoms with Gasteiger partial charge in [-0.1, -0.05) is 49.7 Å². The number of carbonyl (C=O) groups is 1. The van der Waals surface area contributed by atoms with E-state index in [9.17, 15) is 13.2 Å². The van der Waals surface area contributed by atoms with E-state index in [2.05, 4.69) is 19.2 Å². The first kappa shape index (κ1) is 24.4. The SMILES string of the molecule is CCC1(CC)C[C@@H](NC(=O)CCCN(c2cccc(Cl)c2)S(C)(=O)=O)c2ccccc2O1. The number of hydrogen-bond acceptors (Lipinski definition) is 4. The highest BCUT2D eigenvalue weighted by molar-refractivity contribution is 7.92. The number of para-hydroxylation sites is 1. The number of rotatable bonds is 9. The number of anilines is 1. The Morgan fingerprint density at radius 1 is 1.19 bits per heavy atom. The summed E-state index contributed by atoms with van der Waals surface area (Å²) in [7, 11) is -3.50. The van der Waals surface area contributed by atoms with Gasteiger partial charge in [0.15, 0.2) is 0 Å². The van der Waals surface area contributed by atoms with E-state index in [-0.39, 0.29) is 30.5 Å². The predicted octanol–water partition coefficient (Wildman–Crippen LogP) is 5.09. The molecule has 0 unspecified atom stereocenters. The second-order valence-electron chi connectivity index (χ2n) is 8.27. The lowest BCUT2D eigenvalue weighted by Gasteiger charge is -2.41. The number of nitrogens with zero attached hydrogens (tertiary/aromatic N) is 1. The molecule has 0 saturated heterocycles. The number of ether oxygens (including phenoxy) is 1. The van der Waals surface area contributed by atoms with E-state index in [1.807, 2.05) is 24.3 Å². The van der Waals surface area contributed by atoms with Crippen molar-refractivity contribution in [3.8, 4) is 5.75 Å². The van der Waals surface area contributed by atoms with Gasteiger partial charge in [-0.3, -0.25) is 9.10 Å². The van der Waals surface area contributed by atoms with Crippen molar-refractivity contribution in [2.24, 2.45) is 0 Å². The fraction of sp³-hybridized carbons (Fsp3) is 0.458. The molecule has 1 N–H and O–H groups in total. The molecule has 1 aliphatic rings. The molecule has 32 heavy (non-hydrogen) atoms. The van der Waals surface area contributed by atoms with Crippen molar-refractivity contribution in [1.29, 1.82) is 0 Å². The third kappa shape index (κ3) is 5.75.